The van der Waals surface area contributed by atoms with Crippen LogP contribution in [0.5, 0.6) is 0 Å². The summed E-state index contributed by atoms with van der Waals surface area (Å²) in [5.41, 5.74) is 3.05. The highest BCUT2D eigenvalue weighted by Crippen LogP contribution is 2.33. The number of fused-ring (bicyclic) bond motifs is 2. The van der Waals surface area contributed by atoms with E-state index in [1.165, 1.54) is 0 Å². The third-order valence-corrected chi connectivity index (χ3v) is 4.92. The molecule has 0 bridgehead atoms. The average Bonchev–Trinajstić information content (AvgIpc) is 3.06. The smallest absolute Gasteiger partial charge is 0.256 e. The standard InChI is InChI=1S/C21H20N2O3/c1-2-12-26-18-10-11-23-19(18)20(24)22-17-9-8-15(13-16(17)21(23)25)14-6-4-3-5-7-14/h2-9,13,18-19H,1,10-12H2,(H,22,24)/t18-,19-/m0/s1. The zero-order chi connectivity index (χ0) is 18.1. The Bertz CT molecular complexity index is 863. The Morgan fingerprint density at radius 2 is 1.96 bits per heavy atom. The molecule has 5 nitrogen and oxygen atoms in total. The molecule has 5 heteroatoms. The maximum Gasteiger partial charge on any atom is 0.256 e. The molecule has 2 aromatic carbocycles. The topological polar surface area (TPSA) is 58.6 Å². The van der Waals surface area contributed by atoms with Gasteiger partial charge in [-0.1, -0.05) is 42.5 Å². The number of rotatable bonds is 4. The first-order chi connectivity index (χ1) is 12.7. The quantitative estimate of drug-likeness (QED) is 0.864. The average molecular weight is 348 g/mol. The zero-order valence-electron chi connectivity index (χ0n) is 14.4. The van der Waals surface area contributed by atoms with Crippen LogP contribution in [0.15, 0.2) is 61.2 Å². The molecule has 0 radical (unpaired) electrons. The number of benzene rings is 2. The molecule has 1 saturated heterocycles. The second kappa shape index (κ2) is 6.77. The molecule has 2 aromatic rings. The van der Waals surface area contributed by atoms with E-state index in [0.29, 0.717) is 30.8 Å². The van der Waals surface area contributed by atoms with Gasteiger partial charge in [0.25, 0.3) is 5.91 Å². The van der Waals surface area contributed by atoms with Crippen molar-refractivity contribution in [1.82, 2.24) is 4.90 Å². The van der Waals surface area contributed by atoms with Gasteiger partial charge in [-0.05, 0) is 29.7 Å². The second-order valence-electron chi connectivity index (χ2n) is 6.51. The van der Waals surface area contributed by atoms with E-state index in [-0.39, 0.29) is 17.9 Å². The number of ether oxygens (including phenoxy) is 1. The van der Waals surface area contributed by atoms with Crippen LogP contribution >= 0.6 is 0 Å². The van der Waals surface area contributed by atoms with Crippen molar-refractivity contribution in [1.29, 1.82) is 0 Å². The largest absolute Gasteiger partial charge is 0.371 e. The van der Waals surface area contributed by atoms with Crippen molar-refractivity contribution in [3.63, 3.8) is 0 Å². The number of amides is 2. The molecule has 0 unspecified atom stereocenters. The summed E-state index contributed by atoms with van der Waals surface area (Å²) in [6.45, 7) is 4.51. The van der Waals surface area contributed by atoms with E-state index in [1.807, 2.05) is 42.5 Å². The van der Waals surface area contributed by atoms with Crippen LogP contribution in [0.25, 0.3) is 11.1 Å². The van der Waals surface area contributed by atoms with Crippen LogP contribution in [0, 0.1) is 0 Å². The van der Waals surface area contributed by atoms with Gasteiger partial charge in [0.05, 0.1) is 24.0 Å². The molecule has 4 rings (SSSR count). The monoisotopic (exact) mass is 348 g/mol. The fourth-order valence-corrected chi connectivity index (χ4v) is 3.67. The molecule has 0 saturated carbocycles. The molecule has 2 aliphatic heterocycles. The lowest BCUT2D eigenvalue weighted by atomic mass is 10.0. The lowest BCUT2D eigenvalue weighted by molar-refractivity contribution is -0.122. The number of nitrogens with zero attached hydrogens (tertiary/aromatic N) is 1. The lowest BCUT2D eigenvalue weighted by Crippen LogP contribution is -2.46. The molecule has 2 atom stereocenters. The first-order valence-electron chi connectivity index (χ1n) is 8.73. The van der Waals surface area contributed by atoms with Gasteiger partial charge in [-0.2, -0.15) is 0 Å². The maximum atomic E-state index is 13.1. The molecule has 0 spiro atoms. The van der Waals surface area contributed by atoms with Gasteiger partial charge in [0.2, 0.25) is 5.91 Å². The van der Waals surface area contributed by atoms with Crippen molar-refractivity contribution in [2.45, 2.75) is 18.6 Å². The van der Waals surface area contributed by atoms with Crippen LogP contribution in [0.4, 0.5) is 5.69 Å². The maximum absolute atomic E-state index is 13.1. The normalized spacial score (nSPS) is 21.6. The Labute approximate surface area is 152 Å². The highest BCUT2D eigenvalue weighted by atomic mass is 16.5. The van der Waals surface area contributed by atoms with Crippen LogP contribution in [0.3, 0.4) is 0 Å². The van der Waals surface area contributed by atoms with Crippen molar-refractivity contribution < 1.29 is 14.3 Å². The Kier molecular flexibility index (Phi) is 4.31. The van der Waals surface area contributed by atoms with Crippen molar-refractivity contribution in [2.24, 2.45) is 0 Å². The molecule has 1 N–H and O–H groups in total. The Morgan fingerprint density at radius 3 is 2.73 bits per heavy atom. The third-order valence-electron chi connectivity index (χ3n) is 4.92. The number of anilines is 1. The van der Waals surface area contributed by atoms with Crippen LogP contribution in [-0.4, -0.2) is 42.0 Å². The SMILES string of the molecule is C=CCO[C@H]1CCN2C(=O)c3cc(-c4ccccc4)ccc3NC(=O)[C@H]12. The highest BCUT2D eigenvalue weighted by molar-refractivity contribution is 6.11. The summed E-state index contributed by atoms with van der Waals surface area (Å²) in [5.74, 6) is -0.332. The van der Waals surface area contributed by atoms with E-state index in [2.05, 4.69) is 11.9 Å². The van der Waals surface area contributed by atoms with Gasteiger partial charge in [-0.15, -0.1) is 6.58 Å². The van der Waals surface area contributed by atoms with Crippen molar-refractivity contribution in [2.75, 3.05) is 18.5 Å². The number of nitrogens with one attached hydrogen (secondary N) is 1. The lowest BCUT2D eigenvalue weighted by Gasteiger charge is -2.24. The summed E-state index contributed by atoms with van der Waals surface area (Å²) in [5, 5.41) is 2.90. The molecule has 2 aliphatic rings. The molecule has 0 aliphatic carbocycles. The van der Waals surface area contributed by atoms with Crippen LogP contribution in [-0.2, 0) is 9.53 Å². The molecule has 0 aromatic heterocycles. The summed E-state index contributed by atoms with van der Waals surface area (Å²) in [7, 11) is 0. The Morgan fingerprint density at radius 1 is 1.15 bits per heavy atom. The van der Waals surface area contributed by atoms with Crippen LogP contribution in [0.2, 0.25) is 0 Å². The van der Waals surface area contributed by atoms with E-state index < -0.39 is 6.04 Å². The first-order valence-corrected chi connectivity index (χ1v) is 8.73. The summed E-state index contributed by atoms with van der Waals surface area (Å²) in [6.07, 6.45) is 1.99. The van der Waals surface area contributed by atoms with E-state index in [0.717, 1.165) is 11.1 Å². The van der Waals surface area contributed by atoms with Crippen LogP contribution < -0.4 is 5.32 Å². The molecule has 2 heterocycles. The summed E-state index contributed by atoms with van der Waals surface area (Å²) < 4.78 is 5.71. The van der Waals surface area contributed by atoms with Crippen molar-refractivity contribution in [3.8, 4) is 11.1 Å². The minimum absolute atomic E-state index is 0.133. The zero-order valence-corrected chi connectivity index (χ0v) is 14.4. The van der Waals surface area contributed by atoms with Gasteiger partial charge < -0.3 is 15.0 Å². The molecule has 26 heavy (non-hydrogen) atoms. The van der Waals surface area contributed by atoms with Gasteiger partial charge in [-0.3, -0.25) is 9.59 Å². The van der Waals surface area contributed by atoms with E-state index in [9.17, 15) is 9.59 Å². The minimum Gasteiger partial charge on any atom is -0.371 e. The van der Waals surface area contributed by atoms with Gasteiger partial charge in [0.1, 0.15) is 6.04 Å². The molecule has 1 fully saturated rings. The van der Waals surface area contributed by atoms with E-state index in [1.54, 1.807) is 17.0 Å². The second-order valence-corrected chi connectivity index (χ2v) is 6.51. The fraction of sp³-hybridized carbons (Fsp3) is 0.238. The molecular formula is C21H20N2O3. The number of carbonyl (C=O) groups excluding carboxylic acids is 2. The van der Waals surface area contributed by atoms with Gasteiger partial charge in [0.15, 0.2) is 0 Å². The van der Waals surface area contributed by atoms with Crippen molar-refractivity contribution >= 4 is 17.5 Å². The predicted octanol–water partition coefficient (Wildman–Crippen LogP) is 3.09. The summed E-state index contributed by atoms with van der Waals surface area (Å²) in [4.78, 5) is 27.5. The Hall–Kier alpha value is -2.92. The molecule has 2 amide bonds. The van der Waals surface area contributed by atoms with E-state index in [4.69, 9.17) is 4.74 Å². The summed E-state index contributed by atoms with van der Waals surface area (Å²) >= 11 is 0. The van der Waals surface area contributed by atoms with Gasteiger partial charge >= 0.3 is 0 Å². The third kappa shape index (κ3) is 2.80. The predicted molar refractivity (Wildman–Crippen MR) is 99.9 cm³/mol. The Balaban J connectivity index is 1.70. The number of hydrogen-bond acceptors (Lipinski definition) is 3. The molecular weight excluding hydrogens is 328 g/mol. The van der Waals surface area contributed by atoms with E-state index >= 15 is 0 Å². The van der Waals surface area contributed by atoms with Crippen molar-refractivity contribution in [3.05, 3.63) is 66.7 Å². The number of carbonyl (C=O) groups is 2. The van der Waals surface area contributed by atoms with Gasteiger partial charge in [0, 0.05) is 6.54 Å². The first kappa shape index (κ1) is 16.5. The highest BCUT2D eigenvalue weighted by Gasteiger charge is 2.45. The number of hydrogen-bond donors (Lipinski definition) is 1. The summed E-state index contributed by atoms with van der Waals surface area (Å²) in [6, 6.07) is 14.8. The minimum atomic E-state index is -0.602. The van der Waals surface area contributed by atoms with Crippen LogP contribution in [0.1, 0.15) is 16.8 Å². The fourth-order valence-electron chi connectivity index (χ4n) is 3.67. The van der Waals surface area contributed by atoms with Gasteiger partial charge in [-0.25, -0.2) is 0 Å². The molecule has 132 valence electrons.